The Bertz CT molecular complexity index is 1020. The highest BCUT2D eigenvalue weighted by Gasteiger charge is 2.26. The molecule has 28 heavy (non-hydrogen) atoms. The highest BCUT2D eigenvalue weighted by Crippen LogP contribution is 2.36. The van der Waals surface area contributed by atoms with E-state index < -0.39 is 0 Å². The smallest absolute Gasteiger partial charge is 0.251 e. The fourth-order valence-electron chi connectivity index (χ4n) is 3.93. The van der Waals surface area contributed by atoms with E-state index in [1.165, 1.54) is 10.9 Å². The van der Waals surface area contributed by atoms with Crippen molar-refractivity contribution in [2.24, 2.45) is 0 Å². The van der Waals surface area contributed by atoms with Crippen LogP contribution in [0.4, 0.5) is 0 Å². The van der Waals surface area contributed by atoms with Gasteiger partial charge < -0.3 is 24.5 Å². The van der Waals surface area contributed by atoms with Crippen molar-refractivity contribution < 1.29 is 19.0 Å². The van der Waals surface area contributed by atoms with Gasteiger partial charge in [-0.3, -0.25) is 4.79 Å². The Kier molecular flexibility index (Phi) is 4.86. The van der Waals surface area contributed by atoms with Crippen LogP contribution >= 0.6 is 0 Å². The van der Waals surface area contributed by atoms with Gasteiger partial charge in [0.05, 0.1) is 27.4 Å². The van der Waals surface area contributed by atoms with Crippen LogP contribution in [0.25, 0.3) is 10.9 Å². The summed E-state index contributed by atoms with van der Waals surface area (Å²) in [6.45, 7) is 0. The Morgan fingerprint density at radius 1 is 1.04 bits per heavy atom. The van der Waals surface area contributed by atoms with Gasteiger partial charge in [0.25, 0.3) is 5.91 Å². The van der Waals surface area contributed by atoms with Crippen molar-refractivity contribution in [1.82, 2.24) is 10.3 Å². The maximum atomic E-state index is 12.9. The zero-order valence-corrected chi connectivity index (χ0v) is 16.3. The second-order valence-electron chi connectivity index (χ2n) is 6.92. The Balaban J connectivity index is 1.62. The molecule has 3 aromatic rings. The molecule has 6 nitrogen and oxygen atoms in total. The summed E-state index contributed by atoms with van der Waals surface area (Å²) in [7, 11) is 4.81. The molecule has 0 fully saturated rings. The second kappa shape index (κ2) is 7.46. The summed E-state index contributed by atoms with van der Waals surface area (Å²) in [6.07, 6.45) is 2.91. The standard InChI is InChI=1S/C22H24N2O4/c1-26-14-8-9-17-16(12-14)15-5-4-6-18(21(15)23-17)24-22(25)13-7-10-19(27-2)20(11-13)28-3/h7-12,18,23H,4-6H2,1-3H3,(H,24,25). The molecule has 0 radical (unpaired) electrons. The summed E-state index contributed by atoms with van der Waals surface area (Å²) in [5.41, 5.74) is 3.96. The van der Waals surface area contributed by atoms with E-state index in [2.05, 4.69) is 16.4 Å². The first-order valence-corrected chi connectivity index (χ1v) is 9.36. The first-order valence-electron chi connectivity index (χ1n) is 9.36. The lowest BCUT2D eigenvalue weighted by molar-refractivity contribution is 0.0931. The molecular formula is C22H24N2O4. The molecule has 1 heterocycles. The number of aromatic amines is 1. The van der Waals surface area contributed by atoms with Gasteiger partial charge >= 0.3 is 0 Å². The van der Waals surface area contributed by atoms with Gasteiger partial charge in [-0.15, -0.1) is 0 Å². The molecule has 1 aromatic heterocycles. The quantitative estimate of drug-likeness (QED) is 0.702. The van der Waals surface area contributed by atoms with Crippen molar-refractivity contribution in [2.45, 2.75) is 25.3 Å². The molecule has 4 rings (SSSR count). The van der Waals surface area contributed by atoms with E-state index in [0.717, 1.165) is 36.2 Å². The number of benzene rings is 2. The molecule has 0 spiro atoms. The van der Waals surface area contributed by atoms with E-state index in [-0.39, 0.29) is 11.9 Å². The van der Waals surface area contributed by atoms with Crippen molar-refractivity contribution in [3.05, 3.63) is 53.2 Å². The lowest BCUT2D eigenvalue weighted by Gasteiger charge is -2.24. The summed E-state index contributed by atoms with van der Waals surface area (Å²) in [5, 5.41) is 4.34. The molecule has 0 aliphatic heterocycles. The fraction of sp³-hybridized carbons (Fsp3) is 0.318. The van der Waals surface area contributed by atoms with E-state index in [1.807, 2.05) is 12.1 Å². The van der Waals surface area contributed by atoms with Crippen LogP contribution in [0.2, 0.25) is 0 Å². The largest absolute Gasteiger partial charge is 0.497 e. The number of hydrogen-bond acceptors (Lipinski definition) is 4. The highest BCUT2D eigenvalue weighted by molar-refractivity contribution is 5.95. The Morgan fingerprint density at radius 2 is 1.86 bits per heavy atom. The SMILES string of the molecule is COc1ccc2[nH]c3c(c2c1)CCCC3NC(=O)c1ccc(OC)c(OC)c1. The molecule has 6 heteroatoms. The molecule has 1 aliphatic rings. The minimum atomic E-state index is -0.130. The summed E-state index contributed by atoms with van der Waals surface area (Å²) in [6, 6.07) is 11.2. The predicted octanol–water partition coefficient (Wildman–Crippen LogP) is 4.00. The Morgan fingerprint density at radius 3 is 2.61 bits per heavy atom. The van der Waals surface area contributed by atoms with Crippen LogP contribution < -0.4 is 19.5 Å². The average Bonchev–Trinajstić information content (AvgIpc) is 3.12. The number of aryl methyl sites for hydroxylation is 1. The summed E-state index contributed by atoms with van der Waals surface area (Å²) >= 11 is 0. The first-order chi connectivity index (χ1) is 13.6. The third-order valence-corrected chi connectivity index (χ3v) is 5.37. The fourth-order valence-corrected chi connectivity index (χ4v) is 3.93. The molecule has 0 saturated carbocycles. The van der Waals surface area contributed by atoms with Gasteiger partial charge in [-0.1, -0.05) is 0 Å². The van der Waals surface area contributed by atoms with E-state index in [0.29, 0.717) is 17.1 Å². The first kappa shape index (κ1) is 18.2. The van der Waals surface area contributed by atoms with Gasteiger partial charge in [0.2, 0.25) is 0 Å². The van der Waals surface area contributed by atoms with E-state index in [1.54, 1.807) is 39.5 Å². The van der Waals surface area contributed by atoms with Gasteiger partial charge in [-0.2, -0.15) is 0 Å². The zero-order chi connectivity index (χ0) is 19.7. The lowest BCUT2D eigenvalue weighted by atomic mass is 9.91. The molecule has 1 unspecified atom stereocenters. The third-order valence-electron chi connectivity index (χ3n) is 5.37. The van der Waals surface area contributed by atoms with E-state index in [9.17, 15) is 4.79 Å². The predicted molar refractivity (Wildman–Crippen MR) is 108 cm³/mol. The monoisotopic (exact) mass is 380 g/mol. The molecule has 1 amide bonds. The van der Waals surface area contributed by atoms with Gasteiger partial charge in [0, 0.05) is 22.2 Å². The number of hydrogen-bond donors (Lipinski definition) is 2. The number of carbonyl (C=O) groups excluding carboxylic acids is 1. The van der Waals surface area contributed by atoms with Crippen LogP contribution in [0.5, 0.6) is 17.2 Å². The minimum Gasteiger partial charge on any atom is -0.497 e. The van der Waals surface area contributed by atoms with Crippen LogP contribution in [0.1, 0.15) is 40.5 Å². The topological polar surface area (TPSA) is 72.6 Å². The van der Waals surface area contributed by atoms with Gasteiger partial charge in [-0.05, 0) is 61.2 Å². The van der Waals surface area contributed by atoms with E-state index >= 15 is 0 Å². The number of methoxy groups -OCH3 is 3. The number of amides is 1. The maximum Gasteiger partial charge on any atom is 0.251 e. The number of H-pyrrole nitrogens is 1. The van der Waals surface area contributed by atoms with Gasteiger partial charge in [0.15, 0.2) is 11.5 Å². The van der Waals surface area contributed by atoms with Crippen LogP contribution in [0.3, 0.4) is 0 Å². The van der Waals surface area contributed by atoms with E-state index in [4.69, 9.17) is 14.2 Å². The highest BCUT2D eigenvalue weighted by atomic mass is 16.5. The molecule has 146 valence electrons. The number of ether oxygens (including phenoxy) is 3. The molecule has 1 atom stereocenters. The van der Waals surface area contributed by atoms with Crippen molar-refractivity contribution in [1.29, 1.82) is 0 Å². The molecule has 1 aliphatic carbocycles. The molecule has 0 bridgehead atoms. The molecule has 2 aromatic carbocycles. The van der Waals surface area contributed by atoms with Crippen LogP contribution in [-0.2, 0) is 6.42 Å². The maximum absolute atomic E-state index is 12.9. The normalized spacial score (nSPS) is 15.8. The van der Waals surface area contributed by atoms with Crippen molar-refractivity contribution in [3.8, 4) is 17.2 Å². The van der Waals surface area contributed by atoms with Crippen molar-refractivity contribution in [3.63, 3.8) is 0 Å². The number of fused-ring (bicyclic) bond motifs is 3. The van der Waals surface area contributed by atoms with Crippen LogP contribution in [-0.4, -0.2) is 32.2 Å². The van der Waals surface area contributed by atoms with Crippen LogP contribution in [0, 0.1) is 0 Å². The Hall–Kier alpha value is -3.15. The van der Waals surface area contributed by atoms with Crippen molar-refractivity contribution in [2.75, 3.05) is 21.3 Å². The minimum absolute atomic E-state index is 0.0530. The zero-order valence-electron chi connectivity index (χ0n) is 16.3. The average molecular weight is 380 g/mol. The summed E-state index contributed by atoms with van der Waals surface area (Å²) in [4.78, 5) is 16.4. The number of nitrogens with one attached hydrogen (secondary N) is 2. The Labute approximate surface area is 163 Å². The van der Waals surface area contributed by atoms with Gasteiger partial charge in [-0.25, -0.2) is 0 Å². The number of aromatic nitrogens is 1. The lowest BCUT2D eigenvalue weighted by Crippen LogP contribution is -2.31. The molecule has 0 saturated heterocycles. The third kappa shape index (κ3) is 3.15. The summed E-state index contributed by atoms with van der Waals surface area (Å²) in [5.74, 6) is 1.85. The second-order valence-corrected chi connectivity index (χ2v) is 6.92. The number of carbonyl (C=O) groups is 1. The van der Waals surface area contributed by atoms with Crippen LogP contribution in [0.15, 0.2) is 36.4 Å². The molecular weight excluding hydrogens is 356 g/mol. The van der Waals surface area contributed by atoms with Crippen molar-refractivity contribution >= 4 is 16.8 Å². The summed E-state index contributed by atoms with van der Waals surface area (Å²) < 4.78 is 15.9. The van der Waals surface area contributed by atoms with Gasteiger partial charge in [0.1, 0.15) is 5.75 Å². The molecule has 2 N–H and O–H groups in total. The number of rotatable bonds is 5.